The Hall–Kier alpha value is -1.87. The van der Waals surface area contributed by atoms with E-state index in [9.17, 15) is 4.79 Å². The fourth-order valence-electron chi connectivity index (χ4n) is 6.68. The van der Waals surface area contributed by atoms with Crippen LogP contribution in [0.15, 0.2) is 47.2 Å². The van der Waals surface area contributed by atoms with Crippen molar-refractivity contribution in [3.8, 4) is 0 Å². The fraction of sp³-hybridized carbons (Fsp3) is 0.500. The molecule has 3 aliphatic heterocycles. The van der Waals surface area contributed by atoms with Crippen LogP contribution in [0.1, 0.15) is 38.7 Å². The molecule has 25 heavy (non-hydrogen) atoms. The van der Waals surface area contributed by atoms with Gasteiger partial charge in [0.2, 0.25) is 0 Å². The van der Waals surface area contributed by atoms with Gasteiger partial charge in [-0.3, -0.25) is 4.79 Å². The van der Waals surface area contributed by atoms with E-state index in [-0.39, 0.29) is 5.41 Å². The minimum atomic E-state index is 0.0395. The van der Waals surface area contributed by atoms with Crippen molar-refractivity contribution in [3.05, 3.63) is 52.7 Å². The summed E-state index contributed by atoms with van der Waals surface area (Å²) in [6.07, 6.45) is 6.96. The van der Waals surface area contributed by atoms with Gasteiger partial charge in [0.25, 0.3) is 0 Å². The summed E-state index contributed by atoms with van der Waals surface area (Å²) in [7, 11) is 0. The number of nitrogens with zero attached hydrogens (tertiary/aromatic N) is 1. The van der Waals surface area contributed by atoms with Crippen molar-refractivity contribution < 1.29 is 9.28 Å². The summed E-state index contributed by atoms with van der Waals surface area (Å²) in [4.78, 5) is 12.2. The molecule has 1 aromatic rings. The van der Waals surface area contributed by atoms with Crippen LogP contribution in [0.3, 0.4) is 0 Å². The van der Waals surface area contributed by atoms with Gasteiger partial charge in [0.15, 0.2) is 0 Å². The number of fused-ring (bicyclic) bond motifs is 2. The molecular weight excluding hydrogens is 308 g/mol. The number of allylic oxidation sites excluding steroid dienone is 2. The van der Waals surface area contributed by atoms with Crippen LogP contribution in [0, 0.1) is 5.92 Å². The molecule has 0 amide bonds. The predicted octanol–water partition coefficient (Wildman–Crippen LogP) is 3.78. The number of quaternary nitrogens is 1. The molecule has 0 aromatic heterocycles. The molecule has 2 bridgehead atoms. The first-order valence-corrected chi connectivity index (χ1v) is 9.77. The number of anilines is 1. The van der Waals surface area contributed by atoms with Gasteiger partial charge < -0.3 is 9.80 Å². The zero-order chi connectivity index (χ0) is 17.2. The van der Waals surface area contributed by atoms with Gasteiger partial charge in [-0.15, -0.1) is 0 Å². The van der Waals surface area contributed by atoms with E-state index >= 15 is 0 Å². The lowest BCUT2D eigenvalue weighted by Crippen LogP contribution is -2.63. The minimum absolute atomic E-state index is 0.0395. The third kappa shape index (κ3) is 1.68. The predicted molar refractivity (Wildman–Crippen MR) is 100 cm³/mol. The number of hydrogen-bond acceptors (Lipinski definition) is 2. The van der Waals surface area contributed by atoms with Gasteiger partial charge in [-0.05, 0) is 30.5 Å². The maximum Gasteiger partial charge on any atom is 0.148 e. The molecule has 1 N–H and O–H groups in total. The van der Waals surface area contributed by atoms with Crippen molar-refractivity contribution in [3.63, 3.8) is 0 Å². The number of benzene rings is 1. The van der Waals surface area contributed by atoms with Crippen LogP contribution in [-0.4, -0.2) is 36.4 Å². The number of carbonyl (C=O) groups is 1. The van der Waals surface area contributed by atoms with Crippen LogP contribution < -0.4 is 5.32 Å². The standard InChI is InChI=1S/C22H26N2O/c1-3-10-24-11-9-22-18-7-5-6-8-19(18)23-21(22)17(14-25)16(12-20(22)24)15(4-2)13-24/h4-8,14,16,20H,3,9-13H2,1-2H3/p+1/b15-4+/t16-,20-,22+,24+/m0/s1. The summed E-state index contributed by atoms with van der Waals surface area (Å²) in [6, 6.07) is 9.36. The van der Waals surface area contributed by atoms with Gasteiger partial charge in [-0.2, -0.15) is 0 Å². The number of hydrogen-bond donors (Lipinski definition) is 1. The third-order valence-electron chi connectivity index (χ3n) is 7.53. The van der Waals surface area contributed by atoms with E-state index in [1.54, 1.807) is 0 Å². The van der Waals surface area contributed by atoms with E-state index in [1.165, 1.54) is 46.5 Å². The second-order valence-corrected chi connectivity index (χ2v) is 8.33. The van der Waals surface area contributed by atoms with Crippen molar-refractivity contribution in [1.82, 2.24) is 0 Å². The van der Waals surface area contributed by atoms with Crippen LogP contribution in [0.25, 0.3) is 0 Å². The first kappa shape index (κ1) is 15.4. The topological polar surface area (TPSA) is 29.1 Å². The number of nitrogens with one attached hydrogen (secondary N) is 1. The molecule has 4 atom stereocenters. The first-order valence-electron chi connectivity index (χ1n) is 9.77. The monoisotopic (exact) mass is 335 g/mol. The summed E-state index contributed by atoms with van der Waals surface area (Å²) in [6.45, 7) is 8.08. The summed E-state index contributed by atoms with van der Waals surface area (Å²) in [5.41, 5.74) is 6.44. The number of aldehydes is 1. The van der Waals surface area contributed by atoms with Gasteiger partial charge in [0, 0.05) is 35.7 Å². The number of piperidine rings is 1. The SMILES string of the molecule is C/C=C1\C[N@@+]2(CCC)CC[C@]34C(=C(C=O)[C@H]1C[C@@H]32)Nc1ccccc14. The molecule has 1 spiro atoms. The van der Waals surface area contributed by atoms with Crippen LogP contribution in [0.5, 0.6) is 0 Å². The maximum atomic E-state index is 12.2. The van der Waals surface area contributed by atoms with Gasteiger partial charge in [-0.25, -0.2) is 0 Å². The Morgan fingerprint density at radius 2 is 2.20 bits per heavy atom. The molecule has 1 aliphatic carbocycles. The molecule has 0 saturated carbocycles. The summed E-state index contributed by atoms with van der Waals surface area (Å²) >= 11 is 0. The molecule has 130 valence electrons. The Bertz CT molecular complexity index is 823. The third-order valence-corrected chi connectivity index (χ3v) is 7.53. The lowest BCUT2D eigenvalue weighted by Gasteiger charge is -2.53. The number of para-hydroxylation sites is 1. The zero-order valence-electron chi connectivity index (χ0n) is 15.2. The summed E-state index contributed by atoms with van der Waals surface area (Å²) in [5, 5.41) is 3.70. The van der Waals surface area contributed by atoms with Gasteiger partial charge >= 0.3 is 0 Å². The van der Waals surface area contributed by atoms with E-state index in [0.717, 1.165) is 31.2 Å². The van der Waals surface area contributed by atoms with Crippen LogP contribution >= 0.6 is 0 Å². The average Bonchev–Trinajstić information content (AvgIpc) is 3.16. The van der Waals surface area contributed by atoms with Gasteiger partial charge in [-0.1, -0.05) is 31.2 Å². The lowest BCUT2D eigenvalue weighted by atomic mass is 9.61. The highest BCUT2D eigenvalue weighted by molar-refractivity contribution is 5.84. The molecule has 2 saturated heterocycles. The molecule has 3 heterocycles. The molecule has 3 nitrogen and oxygen atoms in total. The normalized spacial score (nSPS) is 39.2. The van der Waals surface area contributed by atoms with E-state index in [0.29, 0.717) is 12.0 Å². The lowest BCUT2D eigenvalue weighted by molar-refractivity contribution is -0.941. The average molecular weight is 335 g/mol. The highest BCUT2D eigenvalue weighted by Crippen LogP contribution is 2.63. The summed E-state index contributed by atoms with van der Waals surface area (Å²) < 4.78 is 1.22. The largest absolute Gasteiger partial charge is 0.357 e. The van der Waals surface area contributed by atoms with E-state index in [1.807, 2.05) is 0 Å². The van der Waals surface area contributed by atoms with Crippen LogP contribution in [0.2, 0.25) is 0 Å². The first-order chi connectivity index (χ1) is 12.2. The molecule has 0 radical (unpaired) electrons. The highest BCUT2D eigenvalue weighted by atomic mass is 16.1. The Labute approximate surface area is 150 Å². The second kappa shape index (κ2) is 5.07. The Morgan fingerprint density at radius 1 is 1.36 bits per heavy atom. The Kier molecular flexibility index (Phi) is 3.12. The molecular formula is C22H27N2O+. The smallest absolute Gasteiger partial charge is 0.148 e. The molecule has 5 rings (SSSR count). The number of carbonyl (C=O) groups excluding carboxylic acids is 1. The van der Waals surface area contributed by atoms with Gasteiger partial charge in [0.05, 0.1) is 18.5 Å². The van der Waals surface area contributed by atoms with Crippen molar-refractivity contribution in [1.29, 1.82) is 0 Å². The minimum Gasteiger partial charge on any atom is -0.357 e. The molecule has 0 unspecified atom stereocenters. The molecule has 1 aromatic carbocycles. The zero-order valence-corrected chi connectivity index (χ0v) is 15.2. The summed E-state index contributed by atoms with van der Waals surface area (Å²) in [5.74, 6) is 0.318. The maximum absolute atomic E-state index is 12.2. The van der Waals surface area contributed by atoms with Crippen molar-refractivity contribution >= 4 is 12.0 Å². The van der Waals surface area contributed by atoms with Gasteiger partial charge in [0.1, 0.15) is 18.9 Å². The van der Waals surface area contributed by atoms with E-state index in [4.69, 9.17) is 0 Å². The highest BCUT2D eigenvalue weighted by Gasteiger charge is 2.68. The van der Waals surface area contributed by atoms with E-state index in [2.05, 4.69) is 49.5 Å². The Balaban J connectivity index is 1.81. The second-order valence-electron chi connectivity index (χ2n) is 8.33. The molecule has 4 aliphatic rings. The van der Waals surface area contributed by atoms with Crippen LogP contribution in [0.4, 0.5) is 5.69 Å². The van der Waals surface area contributed by atoms with Crippen molar-refractivity contribution in [2.45, 2.75) is 44.6 Å². The molecule has 2 fully saturated rings. The number of rotatable bonds is 3. The van der Waals surface area contributed by atoms with E-state index < -0.39 is 0 Å². The molecule has 3 heteroatoms. The van der Waals surface area contributed by atoms with Crippen LogP contribution in [-0.2, 0) is 10.2 Å². The van der Waals surface area contributed by atoms with Crippen molar-refractivity contribution in [2.24, 2.45) is 5.92 Å². The Morgan fingerprint density at radius 3 is 2.96 bits per heavy atom. The quantitative estimate of drug-likeness (QED) is 0.517. The fourth-order valence-corrected chi connectivity index (χ4v) is 6.68. The van der Waals surface area contributed by atoms with Crippen molar-refractivity contribution in [2.75, 3.05) is 25.0 Å².